The zero-order chi connectivity index (χ0) is 17.1. The number of rotatable bonds is 3. The number of benzene rings is 2. The van der Waals surface area contributed by atoms with E-state index in [2.05, 4.69) is 15.9 Å². The Bertz CT molecular complexity index is 733. The molecule has 0 aromatic heterocycles. The molecule has 0 spiro atoms. The van der Waals surface area contributed by atoms with Gasteiger partial charge in [0.25, 0.3) is 0 Å². The van der Waals surface area contributed by atoms with Crippen molar-refractivity contribution in [1.82, 2.24) is 0 Å². The van der Waals surface area contributed by atoms with Crippen LogP contribution < -0.4 is 9.64 Å². The van der Waals surface area contributed by atoms with Gasteiger partial charge >= 0.3 is 6.09 Å². The summed E-state index contributed by atoms with van der Waals surface area (Å²) in [7, 11) is 1.62. The van der Waals surface area contributed by atoms with Crippen molar-refractivity contribution >= 4 is 27.7 Å². The number of ether oxygens (including phenoxy) is 2. The third-order valence-corrected chi connectivity index (χ3v) is 4.91. The number of amides is 1. The third kappa shape index (κ3) is 3.41. The highest BCUT2D eigenvalue weighted by Gasteiger charge is 2.30. The Morgan fingerprint density at radius 1 is 1.29 bits per heavy atom. The number of hydrogen-bond donors (Lipinski definition) is 0. The molecule has 0 N–H and O–H groups in total. The van der Waals surface area contributed by atoms with Crippen molar-refractivity contribution in [1.29, 1.82) is 0 Å². The maximum Gasteiger partial charge on any atom is 0.414 e. The van der Waals surface area contributed by atoms with Gasteiger partial charge in [-0.3, -0.25) is 4.90 Å². The minimum absolute atomic E-state index is 0.0895. The Labute approximate surface area is 150 Å². The lowest BCUT2D eigenvalue weighted by molar-refractivity contribution is 0.144. The molecule has 3 rings (SSSR count). The molecule has 1 unspecified atom stereocenters. The van der Waals surface area contributed by atoms with E-state index in [0.717, 1.165) is 34.1 Å². The lowest BCUT2D eigenvalue weighted by atomic mass is 9.97. The molecule has 1 atom stereocenters. The van der Waals surface area contributed by atoms with E-state index < -0.39 is 0 Å². The molecule has 0 fully saturated rings. The quantitative estimate of drug-likeness (QED) is 0.746. The normalized spacial score (nSPS) is 16.5. The molecule has 1 aliphatic rings. The minimum Gasteiger partial charge on any atom is -0.495 e. The first-order valence-corrected chi connectivity index (χ1v) is 8.75. The summed E-state index contributed by atoms with van der Waals surface area (Å²) in [5, 5.41) is 0. The molecule has 2 aromatic carbocycles. The lowest BCUT2D eigenvalue weighted by Gasteiger charge is -2.34. The third-order valence-electron chi connectivity index (χ3n) is 4.29. The molecule has 1 heterocycles. The Hall–Kier alpha value is -2.01. The van der Waals surface area contributed by atoms with Gasteiger partial charge in [0, 0.05) is 12.1 Å². The van der Waals surface area contributed by atoms with Gasteiger partial charge in [-0.05, 0) is 52.9 Å². The number of hydrogen-bond acceptors (Lipinski definition) is 3. The van der Waals surface area contributed by atoms with Gasteiger partial charge in [0.1, 0.15) is 12.4 Å². The van der Waals surface area contributed by atoms with Crippen molar-refractivity contribution < 1.29 is 14.3 Å². The second kappa shape index (κ2) is 7.26. The van der Waals surface area contributed by atoms with E-state index in [1.54, 1.807) is 12.0 Å². The molecule has 0 radical (unpaired) electrons. The number of carbonyl (C=O) groups is 1. The SMILES string of the molecule is COc1cc2c(cc1Br)CCC(C)N2C(=O)OCc1ccccc1. The van der Waals surface area contributed by atoms with E-state index >= 15 is 0 Å². The first-order valence-electron chi connectivity index (χ1n) is 7.96. The van der Waals surface area contributed by atoms with Crippen LogP contribution in [0.2, 0.25) is 0 Å². The molecule has 4 nitrogen and oxygen atoms in total. The largest absolute Gasteiger partial charge is 0.495 e. The summed E-state index contributed by atoms with van der Waals surface area (Å²) in [6.07, 6.45) is 1.52. The van der Waals surface area contributed by atoms with Crippen molar-refractivity contribution in [2.45, 2.75) is 32.4 Å². The molecular weight excluding hydrogens is 370 g/mol. The predicted molar refractivity (Wildman–Crippen MR) is 97.6 cm³/mol. The van der Waals surface area contributed by atoms with Gasteiger partial charge < -0.3 is 9.47 Å². The van der Waals surface area contributed by atoms with Crippen LogP contribution >= 0.6 is 15.9 Å². The minimum atomic E-state index is -0.323. The zero-order valence-corrected chi connectivity index (χ0v) is 15.4. The molecule has 2 aromatic rings. The molecule has 1 amide bonds. The van der Waals surface area contributed by atoms with Crippen LogP contribution in [0.5, 0.6) is 5.75 Å². The molecule has 0 saturated carbocycles. The molecule has 1 aliphatic heterocycles. The Kier molecular flexibility index (Phi) is 5.09. The first-order chi connectivity index (χ1) is 11.6. The maximum atomic E-state index is 12.7. The number of halogens is 1. The van der Waals surface area contributed by atoms with E-state index in [4.69, 9.17) is 9.47 Å². The van der Waals surface area contributed by atoms with Gasteiger partial charge in [-0.2, -0.15) is 0 Å². The van der Waals surface area contributed by atoms with Crippen LogP contribution in [0.25, 0.3) is 0 Å². The van der Waals surface area contributed by atoms with Crippen LogP contribution in [0.15, 0.2) is 46.9 Å². The van der Waals surface area contributed by atoms with Crippen LogP contribution in [-0.4, -0.2) is 19.2 Å². The monoisotopic (exact) mass is 389 g/mol. The summed E-state index contributed by atoms with van der Waals surface area (Å²) in [5.41, 5.74) is 2.97. The maximum absolute atomic E-state index is 12.7. The second-order valence-electron chi connectivity index (χ2n) is 5.91. The Morgan fingerprint density at radius 2 is 2.04 bits per heavy atom. The molecule has 0 aliphatic carbocycles. The highest BCUT2D eigenvalue weighted by Crippen LogP contribution is 2.38. The van der Waals surface area contributed by atoms with Gasteiger partial charge in [0.05, 0.1) is 17.3 Å². The van der Waals surface area contributed by atoms with Crippen molar-refractivity contribution in [3.05, 3.63) is 58.1 Å². The number of nitrogens with zero attached hydrogens (tertiary/aromatic N) is 1. The fraction of sp³-hybridized carbons (Fsp3) is 0.316. The van der Waals surface area contributed by atoms with Crippen molar-refractivity contribution in [2.24, 2.45) is 0 Å². The number of aryl methyl sites for hydroxylation is 1. The van der Waals surface area contributed by atoms with E-state index in [1.807, 2.05) is 49.4 Å². The lowest BCUT2D eigenvalue weighted by Crippen LogP contribution is -2.42. The summed E-state index contributed by atoms with van der Waals surface area (Å²) in [5.74, 6) is 0.712. The number of carbonyl (C=O) groups excluding carboxylic acids is 1. The summed E-state index contributed by atoms with van der Waals surface area (Å²) in [6.45, 7) is 2.31. The fourth-order valence-corrected chi connectivity index (χ4v) is 3.52. The van der Waals surface area contributed by atoms with Crippen LogP contribution in [-0.2, 0) is 17.8 Å². The van der Waals surface area contributed by atoms with E-state index in [-0.39, 0.29) is 18.7 Å². The predicted octanol–water partition coefficient (Wildman–Crippen LogP) is 4.94. The average Bonchev–Trinajstić information content (AvgIpc) is 2.60. The molecule has 126 valence electrons. The Morgan fingerprint density at radius 3 is 2.75 bits per heavy atom. The number of methoxy groups -OCH3 is 1. The highest BCUT2D eigenvalue weighted by atomic mass is 79.9. The van der Waals surface area contributed by atoms with Crippen LogP contribution in [0, 0.1) is 0 Å². The van der Waals surface area contributed by atoms with Gasteiger partial charge in [-0.1, -0.05) is 30.3 Å². The fourth-order valence-electron chi connectivity index (χ4n) is 2.96. The average molecular weight is 390 g/mol. The van der Waals surface area contributed by atoms with Gasteiger partial charge in [-0.25, -0.2) is 4.79 Å². The summed E-state index contributed by atoms with van der Waals surface area (Å²) >= 11 is 3.51. The molecule has 0 saturated heterocycles. The van der Waals surface area contributed by atoms with Gasteiger partial charge in [0.2, 0.25) is 0 Å². The van der Waals surface area contributed by atoms with E-state index in [1.165, 1.54) is 0 Å². The second-order valence-corrected chi connectivity index (χ2v) is 6.77. The number of fused-ring (bicyclic) bond motifs is 1. The standard InChI is InChI=1S/C19H20BrNO3/c1-13-8-9-15-10-16(20)18(23-2)11-17(15)21(13)19(22)24-12-14-6-4-3-5-7-14/h3-7,10-11,13H,8-9,12H2,1-2H3. The highest BCUT2D eigenvalue weighted by molar-refractivity contribution is 9.10. The summed E-state index contributed by atoms with van der Waals surface area (Å²) in [4.78, 5) is 14.4. The van der Waals surface area contributed by atoms with Crippen LogP contribution in [0.3, 0.4) is 0 Å². The van der Waals surface area contributed by atoms with Crippen molar-refractivity contribution in [3.63, 3.8) is 0 Å². The van der Waals surface area contributed by atoms with E-state index in [9.17, 15) is 4.79 Å². The van der Waals surface area contributed by atoms with Crippen molar-refractivity contribution in [3.8, 4) is 5.75 Å². The van der Waals surface area contributed by atoms with Gasteiger partial charge in [0.15, 0.2) is 0 Å². The Balaban J connectivity index is 1.83. The molecular formula is C19H20BrNO3. The molecule has 0 bridgehead atoms. The topological polar surface area (TPSA) is 38.8 Å². The molecule has 24 heavy (non-hydrogen) atoms. The van der Waals surface area contributed by atoms with Crippen LogP contribution in [0.1, 0.15) is 24.5 Å². The van der Waals surface area contributed by atoms with Gasteiger partial charge in [-0.15, -0.1) is 0 Å². The first kappa shape index (κ1) is 16.8. The van der Waals surface area contributed by atoms with Crippen LogP contribution in [0.4, 0.5) is 10.5 Å². The zero-order valence-electron chi connectivity index (χ0n) is 13.8. The smallest absolute Gasteiger partial charge is 0.414 e. The van der Waals surface area contributed by atoms with E-state index in [0.29, 0.717) is 5.75 Å². The summed E-state index contributed by atoms with van der Waals surface area (Å²) < 4.78 is 11.8. The van der Waals surface area contributed by atoms with Crippen molar-refractivity contribution in [2.75, 3.05) is 12.0 Å². The summed E-state index contributed by atoms with van der Waals surface area (Å²) in [6, 6.07) is 13.7. The number of anilines is 1. The molecule has 5 heteroatoms.